The van der Waals surface area contributed by atoms with Crippen molar-refractivity contribution in [2.24, 2.45) is 0 Å². The maximum absolute atomic E-state index is 14.1. The van der Waals surface area contributed by atoms with Crippen molar-refractivity contribution >= 4 is 17.0 Å². The molecule has 1 aliphatic carbocycles. The Hall–Kier alpha value is -3.37. The summed E-state index contributed by atoms with van der Waals surface area (Å²) in [5, 5.41) is 13.3. The minimum Gasteiger partial charge on any atom is -0.484 e. The normalized spacial score (nSPS) is 13.5. The maximum atomic E-state index is 14.1. The smallest absolute Gasteiger partial charge is 0.325 e. The van der Waals surface area contributed by atoms with Gasteiger partial charge in [-0.1, -0.05) is 0 Å². The van der Waals surface area contributed by atoms with E-state index >= 15 is 0 Å². The number of benzene rings is 1. The molecule has 0 radical (unpaired) electrons. The van der Waals surface area contributed by atoms with Gasteiger partial charge in [0, 0.05) is 17.7 Å². The molecule has 0 saturated carbocycles. The van der Waals surface area contributed by atoms with Crippen molar-refractivity contribution in [1.82, 2.24) is 19.7 Å². The molecule has 0 spiro atoms. The van der Waals surface area contributed by atoms with Gasteiger partial charge < -0.3 is 14.8 Å². The number of aromatic amines is 1. The predicted molar refractivity (Wildman–Crippen MR) is 103 cm³/mol. The van der Waals surface area contributed by atoms with Gasteiger partial charge in [-0.25, -0.2) is 22.8 Å². The Labute approximate surface area is 173 Å². The largest absolute Gasteiger partial charge is 0.484 e. The summed E-state index contributed by atoms with van der Waals surface area (Å²) < 4.78 is 44.6. The van der Waals surface area contributed by atoms with Gasteiger partial charge in [0.15, 0.2) is 11.6 Å². The van der Waals surface area contributed by atoms with E-state index in [0.29, 0.717) is 41.0 Å². The molecule has 2 aromatic heterocycles. The Balaban J connectivity index is 1.70. The first kappa shape index (κ1) is 20.9. The van der Waals surface area contributed by atoms with E-state index in [9.17, 15) is 22.8 Å². The van der Waals surface area contributed by atoms with E-state index < -0.39 is 36.9 Å². The second-order valence-electron chi connectivity index (χ2n) is 7.33. The minimum absolute atomic E-state index is 0.172. The highest BCUT2D eigenvalue weighted by Gasteiger charge is 2.22. The topological polar surface area (TPSA) is 110 Å². The van der Waals surface area contributed by atoms with Gasteiger partial charge in [0.1, 0.15) is 19.0 Å². The Morgan fingerprint density at radius 1 is 1.26 bits per heavy atom. The average Bonchev–Trinajstić information content (AvgIpc) is 3.10. The predicted octanol–water partition coefficient (Wildman–Crippen LogP) is 2.46. The van der Waals surface area contributed by atoms with Gasteiger partial charge in [-0.05, 0) is 31.2 Å². The summed E-state index contributed by atoms with van der Waals surface area (Å²) in [6.07, 6.45) is 0.375. The Morgan fingerprint density at radius 3 is 2.71 bits per heavy atom. The lowest BCUT2D eigenvalue weighted by Crippen LogP contribution is -2.33. The fourth-order valence-electron chi connectivity index (χ4n) is 3.81. The standard InChI is InChI=1S/C20H19F3N4O4/c21-12-5-14-15(6-16(12)31-9-17(22)23)25-18(24-14)7-13-10-3-1-2-4-11(10)20(30)27(26-13)8-19(28)29/h5-6,17H,1-4,7-9H2,(H,24,25)(H,28,29). The zero-order valence-corrected chi connectivity index (χ0v) is 16.3. The van der Waals surface area contributed by atoms with Gasteiger partial charge in [0.25, 0.3) is 12.0 Å². The van der Waals surface area contributed by atoms with Crippen LogP contribution in [0.5, 0.6) is 5.75 Å². The van der Waals surface area contributed by atoms with Crippen molar-refractivity contribution in [2.75, 3.05) is 6.61 Å². The molecule has 0 fully saturated rings. The number of alkyl halides is 2. The number of aliphatic carboxylic acids is 1. The van der Waals surface area contributed by atoms with E-state index in [1.54, 1.807) is 0 Å². The van der Waals surface area contributed by atoms with Crippen molar-refractivity contribution in [3.8, 4) is 5.75 Å². The molecule has 3 aromatic rings. The Kier molecular flexibility index (Phi) is 5.66. The highest BCUT2D eigenvalue weighted by atomic mass is 19.3. The van der Waals surface area contributed by atoms with E-state index in [1.165, 1.54) is 6.07 Å². The van der Waals surface area contributed by atoms with Gasteiger partial charge in [-0.15, -0.1) is 0 Å². The Bertz CT molecular complexity index is 1210. The number of ether oxygens (including phenoxy) is 1. The summed E-state index contributed by atoms with van der Waals surface area (Å²) >= 11 is 0. The summed E-state index contributed by atoms with van der Waals surface area (Å²) in [7, 11) is 0. The molecule has 0 amide bonds. The zero-order chi connectivity index (χ0) is 22.1. The third kappa shape index (κ3) is 4.39. The van der Waals surface area contributed by atoms with Gasteiger partial charge >= 0.3 is 5.97 Å². The first-order valence-electron chi connectivity index (χ1n) is 9.74. The number of halogens is 3. The minimum atomic E-state index is -2.73. The molecule has 0 bridgehead atoms. The van der Waals surface area contributed by atoms with Crippen molar-refractivity contribution in [2.45, 2.75) is 45.1 Å². The number of hydrogen-bond donors (Lipinski definition) is 2. The number of imidazole rings is 1. The number of hydrogen-bond acceptors (Lipinski definition) is 5. The number of carboxylic acids is 1. The lowest BCUT2D eigenvalue weighted by atomic mass is 9.91. The number of carbonyl (C=O) groups is 1. The number of carboxylic acid groups (broad SMARTS) is 1. The van der Waals surface area contributed by atoms with Crippen molar-refractivity contribution < 1.29 is 27.8 Å². The molecule has 0 aliphatic heterocycles. The van der Waals surface area contributed by atoms with Gasteiger partial charge in [0.2, 0.25) is 0 Å². The molecule has 2 N–H and O–H groups in total. The molecule has 1 aliphatic rings. The number of rotatable bonds is 7. The molecule has 2 heterocycles. The van der Waals surface area contributed by atoms with Crippen LogP contribution in [0.25, 0.3) is 11.0 Å². The number of aromatic nitrogens is 4. The van der Waals surface area contributed by atoms with Crippen LogP contribution in [0.1, 0.15) is 35.5 Å². The third-order valence-corrected chi connectivity index (χ3v) is 5.12. The summed E-state index contributed by atoms with van der Waals surface area (Å²) in [6.45, 7) is -1.48. The fraction of sp³-hybridized carbons (Fsp3) is 0.400. The van der Waals surface area contributed by atoms with E-state index in [0.717, 1.165) is 29.2 Å². The van der Waals surface area contributed by atoms with Crippen LogP contribution in [0.3, 0.4) is 0 Å². The summed E-state index contributed by atoms with van der Waals surface area (Å²) in [4.78, 5) is 31.0. The van der Waals surface area contributed by atoms with Crippen LogP contribution in [-0.2, 0) is 30.6 Å². The third-order valence-electron chi connectivity index (χ3n) is 5.12. The van der Waals surface area contributed by atoms with E-state index in [4.69, 9.17) is 9.84 Å². The molecular weight excluding hydrogens is 417 g/mol. The first-order valence-corrected chi connectivity index (χ1v) is 9.74. The summed E-state index contributed by atoms with van der Waals surface area (Å²) in [5.41, 5.74) is 2.18. The highest BCUT2D eigenvalue weighted by molar-refractivity contribution is 5.77. The highest BCUT2D eigenvalue weighted by Crippen LogP contribution is 2.26. The van der Waals surface area contributed by atoms with Crippen LogP contribution in [0.4, 0.5) is 13.2 Å². The van der Waals surface area contributed by atoms with Crippen LogP contribution in [0.15, 0.2) is 16.9 Å². The van der Waals surface area contributed by atoms with Crippen molar-refractivity contribution in [3.05, 3.63) is 50.9 Å². The Morgan fingerprint density at radius 2 is 2.00 bits per heavy atom. The zero-order valence-electron chi connectivity index (χ0n) is 16.3. The van der Waals surface area contributed by atoms with Crippen LogP contribution >= 0.6 is 0 Å². The van der Waals surface area contributed by atoms with Gasteiger partial charge in [-0.3, -0.25) is 9.59 Å². The van der Waals surface area contributed by atoms with Gasteiger partial charge in [-0.2, -0.15) is 5.10 Å². The molecule has 11 heteroatoms. The molecule has 4 rings (SSSR count). The lowest BCUT2D eigenvalue weighted by Gasteiger charge is -2.19. The van der Waals surface area contributed by atoms with Gasteiger partial charge in [0.05, 0.1) is 23.1 Å². The number of fused-ring (bicyclic) bond motifs is 2. The SMILES string of the molecule is O=C(O)Cn1nc(Cc2nc3cc(OCC(F)F)c(F)cc3[nH]2)c2c(c1=O)CCCC2. The molecular formula is C20H19F3N4O4. The van der Waals surface area contributed by atoms with E-state index in [2.05, 4.69) is 15.1 Å². The van der Waals surface area contributed by atoms with Crippen molar-refractivity contribution in [1.29, 1.82) is 0 Å². The fourth-order valence-corrected chi connectivity index (χ4v) is 3.81. The summed E-state index contributed by atoms with van der Waals surface area (Å²) in [6, 6.07) is 2.35. The quantitative estimate of drug-likeness (QED) is 0.589. The molecule has 1 aromatic carbocycles. The molecule has 8 nitrogen and oxygen atoms in total. The maximum Gasteiger partial charge on any atom is 0.325 e. The van der Waals surface area contributed by atoms with Crippen LogP contribution in [-0.4, -0.2) is 43.9 Å². The molecule has 31 heavy (non-hydrogen) atoms. The second kappa shape index (κ2) is 8.40. The molecule has 0 atom stereocenters. The van der Waals surface area contributed by atoms with E-state index in [-0.39, 0.29) is 12.2 Å². The number of nitrogens with one attached hydrogen (secondary N) is 1. The monoisotopic (exact) mass is 436 g/mol. The molecule has 0 unspecified atom stereocenters. The van der Waals surface area contributed by atoms with Crippen molar-refractivity contribution in [3.63, 3.8) is 0 Å². The van der Waals surface area contributed by atoms with E-state index in [1.807, 2.05) is 0 Å². The number of nitrogens with zero attached hydrogens (tertiary/aromatic N) is 3. The molecule has 164 valence electrons. The second-order valence-corrected chi connectivity index (χ2v) is 7.33. The van der Waals surface area contributed by atoms with Crippen LogP contribution in [0, 0.1) is 5.82 Å². The lowest BCUT2D eigenvalue weighted by molar-refractivity contribution is -0.138. The van der Waals surface area contributed by atoms with Crippen LogP contribution in [0.2, 0.25) is 0 Å². The van der Waals surface area contributed by atoms with Crippen LogP contribution < -0.4 is 10.3 Å². The average molecular weight is 436 g/mol. The number of H-pyrrole nitrogens is 1. The first-order chi connectivity index (χ1) is 14.8. The molecule has 0 saturated heterocycles. The summed E-state index contributed by atoms with van der Waals surface area (Å²) in [5.74, 6) is -1.88.